The summed E-state index contributed by atoms with van der Waals surface area (Å²) in [5.41, 5.74) is 1.12. The quantitative estimate of drug-likeness (QED) is 0.614. The zero-order valence-corrected chi connectivity index (χ0v) is 16.4. The van der Waals surface area contributed by atoms with Crippen molar-refractivity contribution >= 4 is 15.8 Å². The molecule has 1 aromatic rings. The third-order valence-corrected chi connectivity index (χ3v) is 6.95. The molecule has 3 heterocycles. The van der Waals surface area contributed by atoms with Gasteiger partial charge in [-0.1, -0.05) is 0 Å². The van der Waals surface area contributed by atoms with Gasteiger partial charge in [-0.3, -0.25) is 4.99 Å². The van der Waals surface area contributed by atoms with Crippen LogP contribution in [0.4, 0.5) is 0 Å². The Hall–Kier alpha value is -1.54. The van der Waals surface area contributed by atoms with Crippen LogP contribution in [-0.2, 0) is 21.1 Å². The van der Waals surface area contributed by atoms with Gasteiger partial charge in [-0.15, -0.1) is 0 Å². The van der Waals surface area contributed by atoms with Crippen molar-refractivity contribution in [2.45, 2.75) is 38.8 Å². The molecule has 0 bridgehead atoms. The van der Waals surface area contributed by atoms with Gasteiger partial charge in [-0.05, 0) is 38.2 Å². The molecule has 1 unspecified atom stereocenters. The molecule has 0 saturated carbocycles. The molecule has 26 heavy (non-hydrogen) atoms. The number of hydrogen-bond acceptors (Lipinski definition) is 5. The van der Waals surface area contributed by atoms with Gasteiger partial charge in [0.1, 0.15) is 5.76 Å². The fourth-order valence-corrected chi connectivity index (χ4v) is 5.29. The van der Waals surface area contributed by atoms with Gasteiger partial charge >= 0.3 is 0 Å². The van der Waals surface area contributed by atoms with Gasteiger partial charge in [0, 0.05) is 45.0 Å². The number of aryl methyl sites for hydroxylation is 1. The number of ether oxygens (including phenoxy) is 1. The van der Waals surface area contributed by atoms with Crippen molar-refractivity contribution < 1.29 is 17.6 Å². The van der Waals surface area contributed by atoms with Crippen LogP contribution in [-0.4, -0.2) is 63.6 Å². The fraction of sp³-hybridized carbons (Fsp3) is 0.722. The lowest BCUT2D eigenvalue weighted by atomic mass is 10.1. The highest BCUT2D eigenvalue weighted by atomic mass is 32.2. The molecule has 1 N–H and O–H groups in total. The van der Waals surface area contributed by atoms with Crippen LogP contribution >= 0.6 is 0 Å². The summed E-state index contributed by atoms with van der Waals surface area (Å²) >= 11 is 0. The first-order chi connectivity index (χ1) is 12.4. The van der Waals surface area contributed by atoms with Gasteiger partial charge in [0.25, 0.3) is 0 Å². The number of nitrogens with one attached hydrogen (secondary N) is 1. The molecule has 0 radical (unpaired) electrons. The minimum atomic E-state index is -2.87. The van der Waals surface area contributed by atoms with E-state index in [9.17, 15) is 8.42 Å². The summed E-state index contributed by atoms with van der Waals surface area (Å²) in [7, 11) is -0.867. The number of guanidine groups is 1. The smallest absolute Gasteiger partial charge is 0.194 e. The Kier molecular flexibility index (Phi) is 6.24. The van der Waals surface area contributed by atoms with Crippen LogP contribution in [0.1, 0.15) is 30.6 Å². The summed E-state index contributed by atoms with van der Waals surface area (Å²) < 4.78 is 34.2. The topological polar surface area (TPSA) is 84.1 Å². The highest BCUT2D eigenvalue weighted by molar-refractivity contribution is 7.91. The summed E-state index contributed by atoms with van der Waals surface area (Å²) in [6.45, 7) is 4.71. The first-order valence-electron chi connectivity index (χ1n) is 9.26. The normalized spacial score (nSPS) is 23.9. The molecule has 3 rings (SSSR count). The van der Waals surface area contributed by atoms with Gasteiger partial charge in [0.15, 0.2) is 15.8 Å². The second-order valence-electron chi connectivity index (χ2n) is 7.32. The summed E-state index contributed by atoms with van der Waals surface area (Å²) in [6.07, 6.45) is 4.32. The number of sulfone groups is 1. The van der Waals surface area contributed by atoms with Gasteiger partial charge in [-0.2, -0.15) is 0 Å². The Balaban J connectivity index is 1.67. The number of hydrogen-bond donors (Lipinski definition) is 1. The number of nitrogens with zero attached hydrogens (tertiary/aromatic N) is 2. The van der Waals surface area contributed by atoms with Crippen LogP contribution in [0.2, 0.25) is 0 Å². The molecule has 0 amide bonds. The molecule has 0 aromatic carbocycles. The average Bonchev–Trinajstić information content (AvgIpc) is 3.17. The second kappa shape index (κ2) is 8.43. The van der Waals surface area contributed by atoms with Crippen LogP contribution in [0, 0.1) is 12.8 Å². The molecule has 7 nitrogen and oxygen atoms in total. The van der Waals surface area contributed by atoms with E-state index in [1.807, 2.05) is 20.0 Å². The number of furan rings is 1. The molecule has 1 aromatic heterocycles. The molecule has 1 atom stereocenters. The van der Waals surface area contributed by atoms with E-state index in [1.165, 1.54) is 0 Å². The maximum Gasteiger partial charge on any atom is 0.194 e. The number of aliphatic imine (C=N–C) groups is 1. The van der Waals surface area contributed by atoms with Gasteiger partial charge < -0.3 is 19.4 Å². The van der Waals surface area contributed by atoms with E-state index in [0.717, 1.165) is 43.3 Å². The van der Waals surface area contributed by atoms with Crippen LogP contribution in [0.3, 0.4) is 0 Å². The van der Waals surface area contributed by atoms with E-state index in [4.69, 9.17) is 14.1 Å². The number of rotatable bonds is 5. The van der Waals surface area contributed by atoms with E-state index in [2.05, 4.69) is 10.2 Å². The maximum atomic E-state index is 11.7. The Labute approximate surface area is 155 Å². The van der Waals surface area contributed by atoms with Crippen molar-refractivity contribution in [3.63, 3.8) is 0 Å². The summed E-state index contributed by atoms with van der Waals surface area (Å²) in [6, 6.07) is 2.31. The van der Waals surface area contributed by atoms with Crippen molar-refractivity contribution in [3.05, 3.63) is 23.7 Å². The first kappa shape index (κ1) is 19.2. The average molecular weight is 384 g/mol. The van der Waals surface area contributed by atoms with E-state index in [-0.39, 0.29) is 11.7 Å². The van der Waals surface area contributed by atoms with Crippen molar-refractivity contribution in [1.29, 1.82) is 0 Å². The lowest BCUT2D eigenvalue weighted by molar-refractivity contribution is 0.0816. The highest BCUT2D eigenvalue weighted by Gasteiger charge is 2.28. The van der Waals surface area contributed by atoms with Crippen molar-refractivity contribution in [3.8, 4) is 0 Å². The molecular weight excluding hydrogens is 354 g/mol. The van der Waals surface area contributed by atoms with Crippen LogP contribution in [0.25, 0.3) is 0 Å². The Morgan fingerprint density at radius 2 is 2.12 bits per heavy atom. The van der Waals surface area contributed by atoms with Crippen molar-refractivity contribution in [2.75, 3.05) is 38.3 Å². The molecule has 0 aliphatic carbocycles. The molecule has 2 fully saturated rings. The predicted molar refractivity (Wildman–Crippen MR) is 101 cm³/mol. The molecule has 146 valence electrons. The minimum absolute atomic E-state index is 0.121. The first-order valence-corrected chi connectivity index (χ1v) is 11.1. The summed E-state index contributed by atoms with van der Waals surface area (Å²) in [5, 5.41) is 3.55. The largest absolute Gasteiger partial charge is 0.469 e. The molecule has 8 heteroatoms. The van der Waals surface area contributed by atoms with Crippen LogP contribution in [0.15, 0.2) is 21.7 Å². The van der Waals surface area contributed by atoms with Gasteiger partial charge in [0.2, 0.25) is 0 Å². The van der Waals surface area contributed by atoms with E-state index < -0.39 is 9.84 Å². The second-order valence-corrected chi connectivity index (χ2v) is 9.55. The Bertz CT molecular complexity index is 723. The van der Waals surface area contributed by atoms with Crippen LogP contribution in [0.5, 0.6) is 0 Å². The van der Waals surface area contributed by atoms with E-state index in [1.54, 1.807) is 6.26 Å². The molecule has 2 aliphatic heterocycles. The Morgan fingerprint density at radius 1 is 1.35 bits per heavy atom. The fourth-order valence-electron chi connectivity index (χ4n) is 3.44. The minimum Gasteiger partial charge on any atom is -0.469 e. The Morgan fingerprint density at radius 3 is 2.73 bits per heavy atom. The third-order valence-electron chi connectivity index (χ3n) is 5.12. The zero-order chi connectivity index (χ0) is 18.6. The lowest BCUT2D eigenvalue weighted by Gasteiger charge is -2.29. The van der Waals surface area contributed by atoms with Crippen molar-refractivity contribution in [1.82, 2.24) is 10.2 Å². The predicted octanol–water partition coefficient (Wildman–Crippen LogP) is 1.58. The standard InChI is InChI=1S/C18H29N3O4S/c1-14-16(3-9-25-14)12-21(2)18(20-17-4-7-24-8-5-17)19-11-15-6-10-26(22,23)13-15/h3,9,15,17H,4-8,10-13H2,1-2H3,(H,19,20). The zero-order valence-electron chi connectivity index (χ0n) is 15.6. The highest BCUT2D eigenvalue weighted by Crippen LogP contribution is 2.19. The van der Waals surface area contributed by atoms with E-state index >= 15 is 0 Å². The third kappa shape index (κ3) is 5.23. The molecule has 2 aliphatic rings. The van der Waals surface area contributed by atoms with Gasteiger partial charge in [-0.25, -0.2) is 8.42 Å². The monoisotopic (exact) mass is 383 g/mol. The van der Waals surface area contributed by atoms with Crippen molar-refractivity contribution in [2.24, 2.45) is 10.9 Å². The summed E-state index contributed by atoms with van der Waals surface area (Å²) in [5.74, 6) is 2.40. The maximum absolute atomic E-state index is 11.7. The van der Waals surface area contributed by atoms with Crippen LogP contribution < -0.4 is 5.32 Å². The molecule has 2 saturated heterocycles. The van der Waals surface area contributed by atoms with Gasteiger partial charge in [0.05, 0.1) is 17.8 Å². The lowest BCUT2D eigenvalue weighted by Crippen LogP contribution is -2.46. The SMILES string of the molecule is Cc1occc1CN(C)C(=NCC1CCS(=O)(=O)C1)NC1CCOCC1. The van der Waals surface area contributed by atoms with E-state index in [0.29, 0.717) is 31.3 Å². The molecular formula is C18H29N3O4S. The molecule has 0 spiro atoms. The summed E-state index contributed by atoms with van der Waals surface area (Å²) in [4.78, 5) is 6.85.